The van der Waals surface area contributed by atoms with E-state index in [1.807, 2.05) is 0 Å². The SMILES string of the molecule is Cc1ccc(N(c2ccc(C)cc2)c2ccc3c(c2)C(C)(C)c2cc(N(c4ccccc4)c4c5ccccc5cc5ccccc45)ccc2-3)cc1. The molecular formula is C49H40N2. The minimum Gasteiger partial charge on any atom is -0.310 e. The number of anilines is 6. The minimum atomic E-state index is -0.216. The van der Waals surface area contributed by atoms with Crippen molar-refractivity contribution in [2.45, 2.75) is 33.1 Å². The van der Waals surface area contributed by atoms with Gasteiger partial charge in [0.05, 0.1) is 5.69 Å². The summed E-state index contributed by atoms with van der Waals surface area (Å²) in [5.74, 6) is 0. The van der Waals surface area contributed by atoms with Gasteiger partial charge >= 0.3 is 0 Å². The number of benzene rings is 8. The Hall–Kier alpha value is -6.12. The summed E-state index contributed by atoms with van der Waals surface area (Å²) in [6, 6.07) is 62.5. The Labute approximate surface area is 300 Å². The third-order valence-electron chi connectivity index (χ3n) is 10.7. The first-order chi connectivity index (χ1) is 24.9. The molecule has 51 heavy (non-hydrogen) atoms. The summed E-state index contributed by atoms with van der Waals surface area (Å²) in [6.45, 7) is 9.05. The van der Waals surface area contributed by atoms with Crippen LogP contribution in [0.4, 0.5) is 34.1 Å². The fraction of sp³-hybridized carbons (Fsp3) is 0.102. The van der Waals surface area contributed by atoms with Crippen molar-refractivity contribution in [1.82, 2.24) is 0 Å². The third-order valence-corrected chi connectivity index (χ3v) is 10.7. The zero-order chi connectivity index (χ0) is 34.7. The van der Waals surface area contributed by atoms with Gasteiger partial charge in [-0.05, 0) is 114 Å². The monoisotopic (exact) mass is 656 g/mol. The molecule has 0 atom stereocenters. The molecule has 0 amide bonds. The lowest BCUT2D eigenvalue weighted by molar-refractivity contribution is 0.660. The summed E-state index contributed by atoms with van der Waals surface area (Å²) in [5.41, 5.74) is 14.6. The van der Waals surface area contributed by atoms with Crippen LogP contribution in [0.3, 0.4) is 0 Å². The van der Waals surface area contributed by atoms with Gasteiger partial charge in [-0.3, -0.25) is 0 Å². The van der Waals surface area contributed by atoms with E-state index in [1.54, 1.807) is 0 Å². The normalized spacial score (nSPS) is 12.9. The van der Waals surface area contributed by atoms with Gasteiger partial charge in [-0.1, -0.05) is 128 Å². The Morgan fingerprint density at radius 2 is 0.784 bits per heavy atom. The molecule has 8 aromatic carbocycles. The molecule has 2 heteroatoms. The number of hydrogen-bond donors (Lipinski definition) is 0. The first-order valence-corrected chi connectivity index (χ1v) is 17.9. The number of para-hydroxylation sites is 1. The molecule has 0 spiro atoms. The second kappa shape index (κ2) is 12.0. The maximum atomic E-state index is 2.46. The zero-order valence-corrected chi connectivity index (χ0v) is 29.6. The van der Waals surface area contributed by atoms with Gasteiger partial charge in [0.2, 0.25) is 0 Å². The van der Waals surface area contributed by atoms with Crippen molar-refractivity contribution in [3.05, 3.63) is 192 Å². The predicted molar refractivity (Wildman–Crippen MR) is 218 cm³/mol. The number of aryl methyl sites for hydroxylation is 2. The Balaban J connectivity index is 1.21. The van der Waals surface area contributed by atoms with E-state index in [0.717, 1.165) is 28.4 Å². The first-order valence-electron chi connectivity index (χ1n) is 17.9. The van der Waals surface area contributed by atoms with E-state index < -0.39 is 0 Å². The third kappa shape index (κ3) is 5.18. The molecule has 0 aliphatic heterocycles. The van der Waals surface area contributed by atoms with Crippen LogP contribution in [0.2, 0.25) is 0 Å². The van der Waals surface area contributed by atoms with E-state index in [-0.39, 0.29) is 5.41 Å². The van der Waals surface area contributed by atoms with Gasteiger partial charge in [-0.25, -0.2) is 0 Å². The lowest BCUT2D eigenvalue weighted by atomic mass is 9.82. The molecule has 0 radical (unpaired) electrons. The quantitative estimate of drug-likeness (QED) is 0.164. The van der Waals surface area contributed by atoms with Crippen LogP contribution in [0.15, 0.2) is 170 Å². The first kappa shape index (κ1) is 30.9. The predicted octanol–water partition coefficient (Wildman–Crippen LogP) is 13.9. The highest BCUT2D eigenvalue weighted by Crippen LogP contribution is 2.53. The minimum absolute atomic E-state index is 0.216. The average Bonchev–Trinajstić information content (AvgIpc) is 3.38. The smallest absolute Gasteiger partial charge is 0.0618 e. The molecule has 8 aromatic rings. The lowest BCUT2D eigenvalue weighted by Gasteiger charge is -2.30. The largest absolute Gasteiger partial charge is 0.310 e. The Morgan fingerprint density at radius 1 is 0.373 bits per heavy atom. The van der Waals surface area contributed by atoms with Crippen LogP contribution >= 0.6 is 0 Å². The van der Waals surface area contributed by atoms with Gasteiger partial charge in [0, 0.05) is 44.6 Å². The molecule has 1 aliphatic carbocycles. The molecule has 1 aliphatic rings. The Morgan fingerprint density at radius 3 is 1.29 bits per heavy atom. The summed E-state index contributed by atoms with van der Waals surface area (Å²) in [5, 5.41) is 4.95. The Kier molecular flexibility index (Phi) is 7.29. The van der Waals surface area contributed by atoms with Crippen LogP contribution in [-0.4, -0.2) is 0 Å². The summed E-state index contributed by atoms with van der Waals surface area (Å²) in [7, 11) is 0. The topological polar surface area (TPSA) is 6.48 Å². The number of hydrogen-bond acceptors (Lipinski definition) is 2. The maximum absolute atomic E-state index is 2.46. The summed E-state index contributed by atoms with van der Waals surface area (Å²) >= 11 is 0. The van der Waals surface area contributed by atoms with Crippen LogP contribution in [0.25, 0.3) is 32.7 Å². The van der Waals surface area contributed by atoms with Crippen molar-refractivity contribution < 1.29 is 0 Å². The molecule has 2 nitrogen and oxygen atoms in total. The van der Waals surface area contributed by atoms with E-state index in [0.29, 0.717) is 0 Å². The van der Waals surface area contributed by atoms with Crippen LogP contribution in [-0.2, 0) is 5.41 Å². The summed E-state index contributed by atoms with van der Waals surface area (Å²) < 4.78 is 0. The molecule has 0 N–H and O–H groups in total. The molecule has 0 aromatic heterocycles. The van der Waals surface area contributed by atoms with Gasteiger partial charge in [0.1, 0.15) is 0 Å². The van der Waals surface area contributed by atoms with Crippen molar-refractivity contribution >= 4 is 55.7 Å². The molecular weight excluding hydrogens is 617 g/mol. The fourth-order valence-corrected chi connectivity index (χ4v) is 8.04. The fourth-order valence-electron chi connectivity index (χ4n) is 8.04. The average molecular weight is 657 g/mol. The van der Waals surface area contributed by atoms with Crippen LogP contribution < -0.4 is 9.80 Å². The van der Waals surface area contributed by atoms with E-state index in [9.17, 15) is 0 Å². The molecule has 9 rings (SSSR count). The number of fused-ring (bicyclic) bond motifs is 5. The van der Waals surface area contributed by atoms with Crippen LogP contribution in [0.5, 0.6) is 0 Å². The van der Waals surface area contributed by atoms with Gasteiger partial charge in [0.25, 0.3) is 0 Å². The van der Waals surface area contributed by atoms with Crippen molar-refractivity contribution in [3.8, 4) is 11.1 Å². The highest BCUT2D eigenvalue weighted by Gasteiger charge is 2.37. The molecule has 0 fully saturated rings. The van der Waals surface area contributed by atoms with E-state index in [1.165, 1.54) is 60.6 Å². The van der Waals surface area contributed by atoms with Crippen molar-refractivity contribution in [1.29, 1.82) is 0 Å². The van der Waals surface area contributed by atoms with E-state index in [4.69, 9.17) is 0 Å². The lowest BCUT2D eigenvalue weighted by Crippen LogP contribution is -2.18. The van der Waals surface area contributed by atoms with E-state index >= 15 is 0 Å². The van der Waals surface area contributed by atoms with Gasteiger partial charge in [-0.15, -0.1) is 0 Å². The maximum Gasteiger partial charge on any atom is 0.0618 e. The molecule has 246 valence electrons. The summed E-state index contributed by atoms with van der Waals surface area (Å²) in [6.07, 6.45) is 0. The second-order valence-electron chi connectivity index (χ2n) is 14.4. The summed E-state index contributed by atoms with van der Waals surface area (Å²) in [4.78, 5) is 4.85. The standard InChI is InChI=1S/C49H40N2/c1-33-18-22-38(23-19-33)50(39-24-20-34(2)21-25-39)40-26-28-44-45-29-27-41(32-47(45)49(3,4)46(44)31-40)51(37-14-6-5-7-15-37)48-42-16-10-8-12-35(42)30-36-13-9-11-17-43(36)48/h5-32H,1-4H3. The molecule has 0 saturated carbocycles. The molecule has 0 saturated heterocycles. The van der Waals surface area contributed by atoms with Crippen LogP contribution in [0, 0.1) is 13.8 Å². The Bertz CT molecular complexity index is 2460. The zero-order valence-electron chi connectivity index (χ0n) is 29.6. The van der Waals surface area contributed by atoms with Crippen molar-refractivity contribution in [2.75, 3.05) is 9.80 Å². The molecule has 0 heterocycles. The van der Waals surface area contributed by atoms with Gasteiger partial charge in [-0.2, -0.15) is 0 Å². The van der Waals surface area contributed by atoms with E-state index in [2.05, 4.69) is 207 Å². The van der Waals surface area contributed by atoms with Gasteiger partial charge in [0.15, 0.2) is 0 Å². The second-order valence-corrected chi connectivity index (χ2v) is 14.4. The molecule has 0 bridgehead atoms. The van der Waals surface area contributed by atoms with Crippen molar-refractivity contribution in [3.63, 3.8) is 0 Å². The van der Waals surface area contributed by atoms with Crippen molar-refractivity contribution in [2.24, 2.45) is 0 Å². The van der Waals surface area contributed by atoms with Gasteiger partial charge < -0.3 is 9.80 Å². The highest BCUT2D eigenvalue weighted by atomic mass is 15.1. The highest BCUT2D eigenvalue weighted by molar-refractivity contribution is 6.14. The number of nitrogens with zero attached hydrogens (tertiary/aromatic N) is 2. The van der Waals surface area contributed by atoms with Crippen LogP contribution in [0.1, 0.15) is 36.1 Å². The number of rotatable bonds is 6. The molecule has 0 unspecified atom stereocenters.